The first kappa shape index (κ1) is 23.1. The Morgan fingerprint density at radius 2 is 1.78 bits per heavy atom. The molecule has 5 fully saturated rings. The number of nitrogens with two attached hydrogens (primary N) is 1. The summed E-state index contributed by atoms with van der Waals surface area (Å²) in [5.41, 5.74) is 6.87. The van der Waals surface area contributed by atoms with E-state index in [0.29, 0.717) is 17.8 Å². The highest BCUT2D eigenvalue weighted by Gasteiger charge is 2.67. The highest BCUT2D eigenvalue weighted by molar-refractivity contribution is 5.72. The lowest BCUT2D eigenvalue weighted by atomic mass is 9.42. The number of hydrogen-bond acceptors (Lipinski definition) is 5. The van der Waals surface area contributed by atoms with Crippen molar-refractivity contribution in [2.24, 2.45) is 40.2 Å². The molecule has 6 heteroatoms. The summed E-state index contributed by atoms with van der Waals surface area (Å²) in [6.07, 6.45) is 10.3. The molecule has 4 N–H and O–H groups in total. The van der Waals surface area contributed by atoms with Gasteiger partial charge < -0.3 is 25.4 Å². The molecule has 32 heavy (non-hydrogen) atoms. The van der Waals surface area contributed by atoms with Gasteiger partial charge in [-0.15, -0.1) is 0 Å². The molecule has 0 bridgehead atoms. The van der Waals surface area contributed by atoms with Crippen LogP contribution in [-0.4, -0.2) is 46.3 Å². The Morgan fingerprint density at radius 3 is 2.50 bits per heavy atom. The molecule has 6 nitrogen and oxygen atoms in total. The zero-order valence-corrected chi connectivity index (χ0v) is 20.1. The zero-order chi connectivity index (χ0) is 22.9. The standard InChI is InChI=1S/C26H43NO5/c1-15-21(28)6-7-22(31-15)32-17-8-11-24(2)16(14-17)4-5-19-18(24)9-12-25(3)20(23(29)30)10-13-26(19,25)27/h15-22,28H,4-14,27H2,1-3H3,(H,29,30)/t15-,16-,17+,18+,19-,20-,21+,22-,24+,25-,26+/m1/s1. The van der Waals surface area contributed by atoms with Crippen LogP contribution in [0, 0.1) is 34.5 Å². The highest BCUT2D eigenvalue weighted by atomic mass is 16.7. The van der Waals surface area contributed by atoms with Crippen molar-refractivity contribution in [2.45, 2.75) is 122 Å². The Morgan fingerprint density at radius 1 is 1.00 bits per heavy atom. The fraction of sp³-hybridized carbons (Fsp3) is 0.962. The van der Waals surface area contributed by atoms with Crippen LogP contribution >= 0.6 is 0 Å². The van der Waals surface area contributed by atoms with Crippen molar-refractivity contribution >= 4 is 5.97 Å². The summed E-state index contributed by atoms with van der Waals surface area (Å²) in [6, 6.07) is 0. The average molecular weight is 450 g/mol. The van der Waals surface area contributed by atoms with Gasteiger partial charge in [0.1, 0.15) is 0 Å². The number of aliphatic hydroxyl groups excluding tert-OH is 1. The first-order valence-corrected chi connectivity index (χ1v) is 13.1. The minimum absolute atomic E-state index is 0.156. The van der Waals surface area contributed by atoms with Crippen LogP contribution in [0.2, 0.25) is 0 Å². The van der Waals surface area contributed by atoms with Crippen LogP contribution in [0.1, 0.15) is 91.4 Å². The predicted molar refractivity (Wildman–Crippen MR) is 121 cm³/mol. The predicted octanol–water partition coefficient (Wildman–Crippen LogP) is 4.08. The molecule has 0 aromatic rings. The Balaban J connectivity index is 1.28. The van der Waals surface area contributed by atoms with Crippen molar-refractivity contribution in [1.82, 2.24) is 0 Å². The number of carboxylic acid groups (broad SMARTS) is 1. The maximum absolute atomic E-state index is 12.0. The minimum atomic E-state index is -0.650. The molecular weight excluding hydrogens is 406 g/mol. The highest BCUT2D eigenvalue weighted by Crippen LogP contribution is 2.68. The maximum atomic E-state index is 12.0. The number of hydrogen-bond donors (Lipinski definition) is 3. The van der Waals surface area contributed by atoms with Gasteiger partial charge in [-0.3, -0.25) is 4.79 Å². The van der Waals surface area contributed by atoms with E-state index in [1.165, 1.54) is 6.42 Å². The Bertz CT molecular complexity index is 746. The van der Waals surface area contributed by atoms with Crippen molar-refractivity contribution in [3.05, 3.63) is 0 Å². The van der Waals surface area contributed by atoms with Gasteiger partial charge in [-0.05, 0) is 99.7 Å². The van der Waals surface area contributed by atoms with Gasteiger partial charge in [0, 0.05) is 12.0 Å². The molecular formula is C26H43NO5. The molecule has 0 spiro atoms. The first-order valence-electron chi connectivity index (χ1n) is 13.1. The van der Waals surface area contributed by atoms with E-state index in [2.05, 4.69) is 13.8 Å². The lowest BCUT2D eigenvalue weighted by Crippen LogP contribution is -2.66. The Kier molecular flexibility index (Phi) is 5.72. The number of ether oxygens (including phenoxy) is 2. The molecule has 0 aromatic carbocycles. The molecule has 5 aliphatic rings. The van der Waals surface area contributed by atoms with E-state index < -0.39 is 5.97 Å². The lowest BCUT2D eigenvalue weighted by molar-refractivity contribution is -0.247. The van der Waals surface area contributed by atoms with E-state index >= 15 is 0 Å². The van der Waals surface area contributed by atoms with E-state index in [-0.39, 0.29) is 46.9 Å². The smallest absolute Gasteiger partial charge is 0.307 e. The molecule has 0 radical (unpaired) electrons. The number of rotatable bonds is 3. The lowest BCUT2D eigenvalue weighted by Gasteiger charge is -2.64. The van der Waals surface area contributed by atoms with Crippen LogP contribution in [0.3, 0.4) is 0 Å². The topological polar surface area (TPSA) is 102 Å². The van der Waals surface area contributed by atoms with Crippen molar-refractivity contribution in [1.29, 1.82) is 0 Å². The van der Waals surface area contributed by atoms with Gasteiger partial charge in [0.15, 0.2) is 6.29 Å². The summed E-state index contributed by atoms with van der Waals surface area (Å²) < 4.78 is 12.3. The van der Waals surface area contributed by atoms with Crippen LogP contribution in [-0.2, 0) is 14.3 Å². The quantitative estimate of drug-likeness (QED) is 0.561. The molecule has 4 saturated carbocycles. The van der Waals surface area contributed by atoms with Crippen LogP contribution in [0.5, 0.6) is 0 Å². The molecule has 182 valence electrons. The molecule has 5 rings (SSSR count). The van der Waals surface area contributed by atoms with Gasteiger partial charge in [0.05, 0.1) is 24.2 Å². The molecule has 11 atom stereocenters. The fourth-order valence-corrected chi connectivity index (χ4v) is 9.06. The van der Waals surface area contributed by atoms with Crippen LogP contribution in [0.15, 0.2) is 0 Å². The van der Waals surface area contributed by atoms with Gasteiger partial charge in [0.2, 0.25) is 0 Å². The monoisotopic (exact) mass is 449 g/mol. The summed E-state index contributed by atoms with van der Waals surface area (Å²) in [5.74, 6) is 0.725. The molecule has 1 heterocycles. The first-order chi connectivity index (χ1) is 15.1. The van der Waals surface area contributed by atoms with Crippen LogP contribution < -0.4 is 5.73 Å². The normalized spacial score (nSPS) is 55.5. The SMILES string of the molecule is C[C@H]1O[C@H](O[C@H]2CC[C@@]3(C)[C@H](CC[C@@H]4[C@@H]3CC[C@]3(C)[C@@H](C(=O)O)CC[C@]43N)C2)CC[C@@H]1O. The zero-order valence-electron chi connectivity index (χ0n) is 20.1. The van der Waals surface area contributed by atoms with Gasteiger partial charge in [-0.1, -0.05) is 13.8 Å². The number of carboxylic acids is 1. The van der Waals surface area contributed by atoms with E-state index in [9.17, 15) is 15.0 Å². The summed E-state index contributed by atoms with van der Waals surface area (Å²) >= 11 is 0. The third-order valence-corrected chi connectivity index (χ3v) is 11.2. The van der Waals surface area contributed by atoms with E-state index in [1.54, 1.807) is 0 Å². The second-order valence-corrected chi connectivity index (χ2v) is 12.4. The van der Waals surface area contributed by atoms with Gasteiger partial charge in [-0.2, -0.15) is 0 Å². The summed E-state index contributed by atoms with van der Waals surface area (Å²) in [6.45, 7) is 6.60. The molecule has 0 amide bonds. The second kappa shape index (κ2) is 7.93. The fourth-order valence-electron chi connectivity index (χ4n) is 9.06. The Labute approximate surface area is 192 Å². The van der Waals surface area contributed by atoms with Gasteiger partial charge in [-0.25, -0.2) is 0 Å². The van der Waals surface area contributed by atoms with Gasteiger partial charge >= 0.3 is 5.97 Å². The van der Waals surface area contributed by atoms with E-state index in [0.717, 1.165) is 64.2 Å². The van der Waals surface area contributed by atoms with Crippen molar-refractivity contribution < 1.29 is 24.5 Å². The maximum Gasteiger partial charge on any atom is 0.307 e. The van der Waals surface area contributed by atoms with E-state index in [1.807, 2.05) is 6.92 Å². The van der Waals surface area contributed by atoms with Crippen molar-refractivity contribution in [3.8, 4) is 0 Å². The van der Waals surface area contributed by atoms with Crippen LogP contribution in [0.25, 0.3) is 0 Å². The number of carbonyl (C=O) groups is 1. The van der Waals surface area contributed by atoms with E-state index in [4.69, 9.17) is 15.2 Å². The third-order valence-electron chi connectivity index (χ3n) is 11.2. The summed E-state index contributed by atoms with van der Waals surface area (Å²) in [4.78, 5) is 12.0. The summed E-state index contributed by atoms with van der Waals surface area (Å²) in [7, 11) is 0. The largest absolute Gasteiger partial charge is 0.481 e. The number of aliphatic hydroxyl groups is 1. The number of aliphatic carboxylic acids is 1. The molecule has 0 unspecified atom stereocenters. The molecule has 1 saturated heterocycles. The Hall–Kier alpha value is -0.690. The average Bonchev–Trinajstić information content (AvgIpc) is 3.02. The van der Waals surface area contributed by atoms with Crippen molar-refractivity contribution in [3.63, 3.8) is 0 Å². The minimum Gasteiger partial charge on any atom is -0.481 e. The van der Waals surface area contributed by atoms with Gasteiger partial charge in [0.25, 0.3) is 0 Å². The number of fused-ring (bicyclic) bond motifs is 5. The van der Waals surface area contributed by atoms with Crippen molar-refractivity contribution in [2.75, 3.05) is 0 Å². The molecule has 0 aromatic heterocycles. The molecule has 4 aliphatic carbocycles. The second-order valence-electron chi connectivity index (χ2n) is 12.4. The summed E-state index contributed by atoms with van der Waals surface area (Å²) in [5, 5.41) is 19.8. The third kappa shape index (κ3) is 3.30. The molecule has 1 aliphatic heterocycles. The van der Waals surface area contributed by atoms with Crippen LogP contribution in [0.4, 0.5) is 0 Å².